The van der Waals surface area contributed by atoms with Gasteiger partial charge in [0.05, 0.1) is 17.3 Å². The zero-order valence-corrected chi connectivity index (χ0v) is 10.4. The number of pyridine rings is 1. The Kier molecular flexibility index (Phi) is 2.38. The van der Waals surface area contributed by atoms with Gasteiger partial charge in [-0.05, 0) is 18.6 Å². The first kappa shape index (κ1) is 10.9. The Labute approximate surface area is 107 Å². The summed E-state index contributed by atoms with van der Waals surface area (Å²) < 4.78 is 1.79. The Morgan fingerprint density at radius 3 is 2.94 bits per heavy atom. The summed E-state index contributed by atoms with van der Waals surface area (Å²) in [7, 11) is 0. The molecular formula is C12H10N4OS. The highest BCUT2D eigenvalue weighted by Crippen LogP contribution is 2.20. The fraction of sp³-hybridized carbons (Fsp3) is 0.0833. The molecule has 5 nitrogen and oxygen atoms in total. The van der Waals surface area contributed by atoms with Crippen molar-refractivity contribution in [1.82, 2.24) is 14.4 Å². The Morgan fingerprint density at radius 2 is 2.22 bits per heavy atom. The SMILES string of the molecule is Cc1cccn2c(C(=O)c3cnc(N)s3)cnc12. The van der Waals surface area contributed by atoms with E-state index in [0.29, 0.717) is 15.7 Å². The van der Waals surface area contributed by atoms with Crippen molar-refractivity contribution in [1.29, 1.82) is 0 Å². The van der Waals surface area contributed by atoms with Crippen molar-refractivity contribution in [2.24, 2.45) is 0 Å². The summed E-state index contributed by atoms with van der Waals surface area (Å²) in [5.74, 6) is -0.109. The maximum atomic E-state index is 12.3. The second kappa shape index (κ2) is 3.92. The van der Waals surface area contributed by atoms with Gasteiger partial charge in [0, 0.05) is 6.20 Å². The third kappa shape index (κ3) is 1.58. The molecule has 0 aliphatic heterocycles. The number of nitrogen functional groups attached to an aromatic ring is 1. The number of nitrogens with two attached hydrogens (primary N) is 1. The smallest absolute Gasteiger partial charge is 0.222 e. The number of aryl methyl sites for hydroxylation is 1. The number of thiazole rings is 1. The highest BCUT2D eigenvalue weighted by molar-refractivity contribution is 7.17. The molecule has 0 spiro atoms. The number of hydrogen-bond donors (Lipinski definition) is 1. The summed E-state index contributed by atoms with van der Waals surface area (Å²) in [6.45, 7) is 1.96. The van der Waals surface area contributed by atoms with Crippen LogP contribution >= 0.6 is 11.3 Å². The Morgan fingerprint density at radius 1 is 1.39 bits per heavy atom. The van der Waals surface area contributed by atoms with Crippen LogP contribution in [0.4, 0.5) is 5.13 Å². The van der Waals surface area contributed by atoms with Crippen LogP contribution in [0.2, 0.25) is 0 Å². The van der Waals surface area contributed by atoms with Crippen molar-refractivity contribution in [3.05, 3.63) is 46.9 Å². The van der Waals surface area contributed by atoms with Crippen molar-refractivity contribution >= 4 is 27.9 Å². The highest BCUT2D eigenvalue weighted by atomic mass is 32.1. The van der Waals surface area contributed by atoms with Crippen LogP contribution in [0.3, 0.4) is 0 Å². The third-order valence-corrected chi connectivity index (χ3v) is 3.54. The topological polar surface area (TPSA) is 73.3 Å². The lowest BCUT2D eigenvalue weighted by Crippen LogP contribution is -2.03. The van der Waals surface area contributed by atoms with E-state index in [9.17, 15) is 4.79 Å². The zero-order chi connectivity index (χ0) is 12.7. The van der Waals surface area contributed by atoms with E-state index in [0.717, 1.165) is 11.2 Å². The molecule has 18 heavy (non-hydrogen) atoms. The number of fused-ring (bicyclic) bond motifs is 1. The van der Waals surface area contributed by atoms with Crippen LogP contribution in [0, 0.1) is 6.92 Å². The number of carbonyl (C=O) groups is 1. The molecule has 0 aliphatic carbocycles. The normalized spacial score (nSPS) is 10.9. The first-order valence-corrected chi connectivity index (χ1v) is 6.17. The maximum absolute atomic E-state index is 12.3. The molecule has 6 heteroatoms. The van der Waals surface area contributed by atoms with Crippen LogP contribution in [-0.4, -0.2) is 20.2 Å². The van der Waals surface area contributed by atoms with E-state index in [4.69, 9.17) is 5.73 Å². The average Bonchev–Trinajstić information content (AvgIpc) is 2.95. The number of hydrogen-bond acceptors (Lipinski definition) is 5. The number of imidazole rings is 1. The van der Waals surface area contributed by atoms with Crippen LogP contribution in [0.5, 0.6) is 0 Å². The molecule has 3 heterocycles. The highest BCUT2D eigenvalue weighted by Gasteiger charge is 2.17. The zero-order valence-electron chi connectivity index (χ0n) is 9.62. The molecule has 0 atom stereocenters. The molecule has 3 aromatic heterocycles. The van der Waals surface area contributed by atoms with Crippen LogP contribution < -0.4 is 5.73 Å². The van der Waals surface area contributed by atoms with Crippen LogP contribution in [0.1, 0.15) is 20.9 Å². The molecule has 0 saturated carbocycles. The number of ketones is 1. The number of rotatable bonds is 2. The molecule has 0 radical (unpaired) electrons. The van der Waals surface area contributed by atoms with Gasteiger partial charge in [-0.1, -0.05) is 17.4 Å². The van der Waals surface area contributed by atoms with E-state index >= 15 is 0 Å². The minimum Gasteiger partial charge on any atom is -0.375 e. The van der Waals surface area contributed by atoms with Gasteiger partial charge in [0.25, 0.3) is 0 Å². The minimum atomic E-state index is -0.109. The van der Waals surface area contributed by atoms with Crippen LogP contribution in [-0.2, 0) is 0 Å². The number of carbonyl (C=O) groups excluding carboxylic acids is 1. The van der Waals surface area contributed by atoms with Crippen molar-refractivity contribution in [3.63, 3.8) is 0 Å². The van der Waals surface area contributed by atoms with E-state index in [-0.39, 0.29) is 5.78 Å². The molecule has 0 aliphatic rings. The lowest BCUT2D eigenvalue weighted by molar-refractivity contribution is 0.103. The summed E-state index contributed by atoms with van der Waals surface area (Å²) in [6.07, 6.45) is 4.91. The summed E-state index contributed by atoms with van der Waals surface area (Å²) in [6, 6.07) is 3.85. The molecule has 0 saturated heterocycles. The quantitative estimate of drug-likeness (QED) is 0.713. The van der Waals surface area contributed by atoms with Crippen molar-refractivity contribution in [3.8, 4) is 0 Å². The molecular weight excluding hydrogens is 248 g/mol. The van der Waals surface area contributed by atoms with Crippen molar-refractivity contribution < 1.29 is 4.79 Å². The molecule has 2 N–H and O–H groups in total. The molecule has 0 fully saturated rings. The molecule has 0 bridgehead atoms. The third-order valence-electron chi connectivity index (χ3n) is 2.71. The molecule has 0 amide bonds. The Balaban J connectivity index is 2.15. The fourth-order valence-electron chi connectivity index (χ4n) is 1.84. The van der Waals surface area contributed by atoms with Gasteiger partial charge < -0.3 is 5.73 Å². The van der Waals surface area contributed by atoms with Gasteiger partial charge in [0.1, 0.15) is 11.3 Å². The molecule has 3 aromatic rings. The Bertz CT molecular complexity index is 743. The van der Waals surface area contributed by atoms with Gasteiger partial charge in [-0.3, -0.25) is 9.20 Å². The first-order valence-electron chi connectivity index (χ1n) is 5.35. The second-order valence-corrected chi connectivity index (χ2v) is 4.98. The summed E-state index contributed by atoms with van der Waals surface area (Å²) in [4.78, 5) is 21.0. The largest absolute Gasteiger partial charge is 0.375 e. The average molecular weight is 258 g/mol. The van der Waals surface area contributed by atoms with E-state index < -0.39 is 0 Å². The maximum Gasteiger partial charge on any atom is 0.222 e. The lowest BCUT2D eigenvalue weighted by Gasteiger charge is -2.00. The van der Waals surface area contributed by atoms with Gasteiger partial charge >= 0.3 is 0 Å². The lowest BCUT2D eigenvalue weighted by atomic mass is 10.2. The number of nitrogens with zero attached hydrogens (tertiary/aromatic N) is 3. The predicted octanol–water partition coefficient (Wildman–Crippen LogP) is 1.91. The van der Waals surface area contributed by atoms with E-state index in [1.807, 2.05) is 25.3 Å². The molecule has 90 valence electrons. The standard InChI is InChI=1S/C12H10N4OS/c1-7-3-2-4-16-8(5-14-11(7)16)10(17)9-6-15-12(13)18-9/h2-6H,1H3,(H2,13,15). The fourth-order valence-corrected chi connectivity index (χ4v) is 2.47. The van der Waals surface area contributed by atoms with Gasteiger partial charge in [0.2, 0.25) is 5.78 Å². The van der Waals surface area contributed by atoms with E-state index in [1.54, 1.807) is 10.6 Å². The van der Waals surface area contributed by atoms with Gasteiger partial charge in [-0.2, -0.15) is 0 Å². The van der Waals surface area contributed by atoms with Crippen molar-refractivity contribution in [2.45, 2.75) is 6.92 Å². The molecule has 0 aromatic carbocycles. The van der Waals surface area contributed by atoms with Gasteiger partial charge in [-0.15, -0.1) is 0 Å². The summed E-state index contributed by atoms with van der Waals surface area (Å²) in [5.41, 5.74) is 7.88. The second-order valence-electron chi connectivity index (χ2n) is 3.92. The van der Waals surface area contributed by atoms with E-state index in [1.165, 1.54) is 17.5 Å². The predicted molar refractivity (Wildman–Crippen MR) is 69.9 cm³/mol. The monoisotopic (exact) mass is 258 g/mol. The minimum absolute atomic E-state index is 0.109. The number of aromatic nitrogens is 3. The first-order chi connectivity index (χ1) is 8.66. The Hall–Kier alpha value is -2.21. The van der Waals surface area contributed by atoms with Crippen LogP contribution in [0.25, 0.3) is 5.65 Å². The van der Waals surface area contributed by atoms with Crippen molar-refractivity contribution in [2.75, 3.05) is 5.73 Å². The molecule has 3 rings (SSSR count). The molecule has 0 unspecified atom stereocenters. The van der Waals surface area contributed by atoms with E-state index in [2.05, 4.69) is 9.97 Å². The number of anilines is 1. The van der Waals surface area contributed by atoms with Crippen LogP contribution in [0.15, 0.2) is 30.7 Å². The summed E-state index contributed by atoms with van der Waals surface area (Å²) in [5, 5.41) is 0.392. The van der Waals surface area contributed by atoms with Gasteiger partial charge in [-0.25, -0.2) is 9.97 Å². The summed E-state index contributed by atoms with van der Waals surface area (Å²) >= 11 is 1.18. The van der Waals surface area contributed by atoms with Gasteiger partial charge in [0.15, 0.2) is 5.13 Å².